The van der Waals surface area contributed by atoms with E-state index in [1.165, 1.54) is 70.6 Å². The molecule has 1 atom stereocenters. The highest BCUT2D eigenvalue weighted by Gasteiger charge is 2.03. The lowest BCUT2D eigenvalue weighted by atomic mass is 9.98. The van der Waals surface area contributed by atoms with Crippen molar-refractivity contribution < 1.29 is 9.90 Å². The van der Waals surface area contributed by atoms with Crippen molar-refractivity contribution in [1.82, 2.24) is 0 Å². The summed E-state index contributed by atoms with van der Waals surface area (Å²) in [6, 6.07) is 0. The van der Waals surface area contributed by atoms with Crippen LogP contribution in [0.5, 0.6) is 0 Å². The Morgan fingerprint density at radius 1 is 0.952 bits per heavy atom. The van der Waals surface area contributed by atoms with Crippen LogP contribution in [0.4, 0.5) is 0 Å². The minimum atomic E-state index is -0.791. The summed E-state index contributed by atoms with van der Waals surface area (Å²) in [6.45, 7) is 6.16. The molecule has 2 nitrogen and oxygen atoms in total. The molecule has 0 fully saturated rings. The van der Waals surface area contributed by atoms with Gasteiger partial charge in [-0.15, -0.1) is 0 Å². The zero-order chi connectivity index (χ0) is 15.9. The highest BCUT2D eigenvalue weighted by atomic mass is 16.4. The van der Waals surface area contributed by atoms with Gasteiger partial charge in [-0.3, -0.25) is 0 Å². The second-order valence-electron chi connectivity index (χ2n) is 6.50. The topological polar surface area (TPSA) is 37.3 Å². The minimum absolute atomic E-state index is 0.477. The Hall–Kier alpha value is -0.790. The lowest BCUT2D eigenvalue weighted by Crippen LogP contribution is -1.98. The largest absolute Gasteiger partial charge is 0.478 e. The summed E-state index contributed by atoms with van der Waals surface area (Å²) < 4.78 is 0. The molecule has 0 aliphatic heterocycles. The van der Waals surface area contributed by atoms with Crippen LogP contribution in [-0.2, 0) is 4.79 Å². The molecule has 1 N–H and O–H groups in total. The number of hydrogen-bond acceptors (Lipinski definition) is 1. The number of allylic oxidation sites excluding steroid dienone is 1. The van der Waals surface area contributed by atoms with Gasteiger partial charge in [0.25, 0.3) is 0 Å². The third-order valence-electron chi connectivity index (χ3n) is 4.21. The average Bonchev–Trinajstić information content (AvgIpc) is 2.46. The smallest absolute Gasteiger partial charge is 0.330 e. The highest BCUT2D eigenvalue weighted by Crippen LogP contribution is 2.16. The van der Waals surface area contributed by atoms with Gasteiger partial charge in [-0.2, -0.15) is 0 Å². The van der Waals surface area contributed by atoms with Gasteiger partial charge in [0.1, 0.15) is 0 Å². The van der Waals surface area contributed by atoms with E-state index in [1.807, 2.05) is 6.08 Å². The molecule has 2 heteroatoms. The monoisotopic (exact) mass is 296 g/mol. The van der Waals surface area contributed by atoms with Crippen molar-refractivity contribution in [2.24, 2.45) is 5.92 Å². The first kappa shape index (κ1) is 20.2. The molecule has 21 heavy (non-hydrogen) atoms. The summed E-state index contributed by atoms with van der Waals surface area (Å²) in [5, 5.41) is 8.79. The third kappa shape index (κ3) is 13.9. The molecule has 0 aromatic heterocycles. The van der Waals surface area contributed by atoms with Crippen molar-refractivity contribution in [2.45, 2.75) is 97.8 Å². The molecule has 1 unspecified atom stereocenters. The van der Waals surface area contributed by atoms with Gasteiger partial charge in [-0.25, -0.2) is 4.79 Å². The Morgan fingerprint density at radius 3 is 1.90 bits per heavy atom. The number of rotatable bonds is 14. The standard InChI is InChI=1S/C19H36O2/c1-4-5-6-7-8-9-10-11-12-13-14-17(2)15-16-18(3)19(20)21/h16-17H,4-15H2,1-3H3,(H,20,21). The first-order valence-electron chi connectivity index (χ1n) is 8.98. The van der Waals surface area contributed by atoms with Crippen LogP contribution in [-0.4, -0.2) is 11.1 Å². The van der Waals surface area contributed by atoms with Crippen LogP contribution in [0.15, 0.2) is 11.6 Å². The molecule has 0 saturated heterocycles. The highest BCUT2D eigenvalue weighted by molar-refractivity contribution is 5.85. The summed E-state index contributed by atoms with van der Waals surface area (Å²) >= 11 is 0. The Morgan fingerprint density at radius 2 is 1.43 bits per heavy atom. The molecule has 0 amide bonds. The van der Waals surface area contributed by atoms with Gasteiger partial charge >= 0.3 is 5.97 Å². The summed E-state index contributed by atoms with van der Waals surface area (Å²) in [5.41, 5.74) is 0.477. The molecule has 0 radical (unpaired) electrons. The summed E-state index contributed by atoms with van der Waals surface area (Å²) in [6.07, 6.45) is 17.7. The lowest BCUT2D eigenvalue weighted by molar-refractivity contribution is -0.132. The molecule has 0 rings (SSSR count). The van der Waals surface area contributed by atoms with E-state index in [9.17, 15) is 4.79 Å². The molecule has 0 aliphatic carbocycles. The van der Waals surface area contributed by atoms with Gasteiger partial charge < -0.3 is 5.11 Å². The van der Waals surface area contributed by atoms with Crippen molar-refractivity contribution in [3.63, 3.8) is 0 Å². The van der Waals surface area contributed by atoms with E-state index in [2.05, 4.69) is 13.8 Å². The summed E-state index contributed by atoms with van der Waals surface area (Å²) in [5.74, 6) is -0.186. The second kappa shape index (κ2) is 14.2. The number of hydrogen-bond donors (Lipinski definition) is 1. The third-order valence-corrected chi connectivity index (χ3v) is 4.21. The lowest BCUT2D eigenvalue weighted by Gasteiger charge is -2.08. The number of carboxylic acids is 1. The molecule has 0 aliphatic rings. The van der Waals surface area contributed by atoms with E-state index < -0.39 is 5.97 Å². The van der Waals surface area contributed by atoms with Gasteiger partial charge in [0.15, 0.2) is 0 Å². The maximum atomic E-state index is 10.7. The van der Waals surface area contributed by atoms with Crippen LogP contribution >= 0.6 is 0 Å². The molecule has 0 heterocycles. The van der Waals surface area contributed by atoms with E-state index in [0.29, 0.717) is 11.5 Å². The first-order valence-corrected chi connectivity index (χ1v) is 8.98. The molecular formula is C19H36O2. The fourth-order valence-electron chi connectivity index (χ4n) is 2.56. The van der Waals surface area contributed by atoms with Gasteiger partial charge in [0.2, 0.25) is 0 Å². The number of aliphatic carboxylic acids is 1. The van der Waals surface area contributed by atoms with Crippen LogP contribution in [0.25, 0.3) is 0 Å². The number of carboxylic acid groups (broad SMARTS) is 1. The van der Waals surface area contributed by atoms with Gasteiger partial charge in [-0.1, -0.05) is 90.6 Å². The van der Waals surface area contributed by atoms with Gasteiger partial charge in [-0.05, 0) is 19.3 Å². The SMILES string of the molecule is CCCCCCCCCCCCC(C)CC=C(C)C(=O)O. The zero-order valence-corrected chi connectivity index (χ0v) is 14.5. The van der Waals surface area contributed by atoms with Crippen LogP contribution in [0, 0.1) is 5.92 Å². The predicted molar refractivity (Wildman–Crippen MR) is 91.6 cm³/mol. The fourth-order valence-corrected chi connectivity index (χ4v) is 2.56. The minimum Gasteiger partial charge on any atom is -0.478 e. The van der Waals surface area contributed by atoms with Crippen molar-refractivity contribution in [3.8, 4) is 0 Å². The first-order chi connectivity index (χ1) is 10.1. The van der Waals surface area contributed by atoms with Gasteiger partial charge in [0, 0.05) is 5.57 Å². The molecule has 0 saturated carbocycles. The molecule has 0 bridgehead atoms. The van der Waals surface area contributed by atoms with Crippen LogP contribution < -0.4 is 0 Å². The molecule has 0 aromatic rings. The molecule has 0 spiro atoms. The molecular weight excluding hydrogens is 260 g/mol. The normalized spacial score (nSPS) is 13.4. The fraction of sp³-hybridized carbons (Fsp3) is 0.842. The van der Waals surface area contributed by atoms with Crippen LogP contribution in [0.3, 0.4) is 0 Å². The maximum Gasteiger partial charge on any atom is 0.330 e. The average molecular weight is 296 g/mol. The Balaban J connectivity index is 3.34. The summed E-state index contributed by atoms with van der Waals surface area (Å²) in [7, 11) is 0. The number of unbranched alkanes of at least 4 members (excludes halogenated alkanes) is 9. The van der Waals surface area contributed by atoms with E-state index >= 15 is 0 Å². The Labute approximate surface area is 132 Å². The molecule has 124 valence electrons. The second-order valence-corrected chi connectivity index (χ2v) is 6.50. The number of carbonyl (C=O) groups is 1. The van der Waals surface area contributed by atoms with Crippen molar-refractivity contribution in [2.75, 3.05) is 0 Å². The van der Waals surface area contributed by atoms with E-state index in [-0.39, 0.29) is 0 Å². The Kier molecular flexibility index (Phi) is 13.6. The van der Waals surface area contributed by atoms with E-state index in [4.69, 9.17) is 5.11 Å². The predicted octanol–water partition coefficient (Wildman–Crippen LogP) is 6.35. The van der Waals surface area contributed by atoms with Crippen molar-refractivity contribution >= 4 is 5.97 Å². The van der Waals surface area contributed by atoms with Gasteiger partial charge in [0.05, 0.1) is 0 Å². The van der Waals surface area contributed by atoms with E-state index in [0.717, 1.165) is 6.42 Å². The Bertz CT molecular complexity index is 281. The summed E-state index contributed by atoms with van der Waals surface area (Å²) in [4.78, 5) is 10.7. The van der Waals surface area contributed by atoms with Crippen molar-refractivity contribution in [1.29, 1.82) is 0 Å². The maximum absolute atomic E-state index is 10.7. The van der Waals surface area contributed by atoms with Crippen LogP contribution in [0.2, 0.25) is 0 Å². The van der Waals surface area contributed by atoms with Crippen molar-refractivity contribution in [3.05, 3.63) is 11.6 Å². The molecule has 0 aromatic carbocycles. The quantitative estimate of drug-likeness (QED) is 0.299. The van der Waals surface area contributed by atoms with Crippen LogP contribution in [0.1, 0.15) is 97.8 Å². The van der Waals surface area contributed by atoms with E-state index in [1.54, 1.807) is 6.92 Å². The zero-order valence-electron chi connectivity index (χ0n) is 14.5.